The molecule has 0 aromatic rings. The molecule has 0 bridgehead atoms. The minimum Gasteiger partial charge on any atom is -0.478 e. The first-order valence-electron chi connectivity index (χ1n) is 41.6. The molecular weight excluding hydrogens is 1210 g/mol. The predicted octanol–water partition coefficient (Wildman–Crippen LogP) is 27.3. The van der Waals surface area contributed by atoms with E-state index < -0.39 is 17.2 Å². The van der Waals surface area contributed by atoms with Crippen molar-refractivity contribution in [2.45, 2.75) is 426 Å². The summed E-state index contributed by atoms with van der Waals surface area (Å²) >= 11 is 1.54. The van der Waals surface area contributed by atoms with Crippen LogP contribution in [0.4, 0.5) is 0 Å². The first-order chi connectivity index (χ1) is 47.1. The van der Waals surface area contributed by atoms with E-state index in [-0.39, 0.29) is 29.5 Å². The lowest BCUT2D eigenvalue weighted by Crippen LogP contribution is -2.29. The number of aliphatic carboxylic acids is 2. The highest BCUT2D eigenvalue weighted by Gasteiger charge is 2.25. The van der Waals surface area contributed by atoms with Gasteiger partial charge in [-0.25, -0.2) is 9.59 Å². The van der Waals surface area contributed by atoms with Crippen LogP contribution in [0.15, 0.2) is 59.8 Å². The Kier molecular flexibility index (Phi) is 80.0. The van der Waals surface area contributed by atoms with E-state index in [2.05, 4.69) is 95.1 Å². The van der Waals surface area contributed by atoms with Gasteiger partial charge in [-0.1, -0.05) is 321 Å². The summed E-state index contributed by atoms with van der Waals surface area (Å²) in [5.41, 5.74) is 0.251. The van der Waals surface area contributed by atoms with Crippen LogP contribution in [0.1, 0.15) is 420 Å². The normalized spacial score (nSPS) is 12.4. The molecule has 0 heterocycles. The van der Waals surface area contributed by atoms with E-state index in [1.54, 1.807) is 11.8 Å². The minimum atomic E-state index is -1.06. The highest BCUT2D eigenvalue weighted by molar-refractivity contribution is 8.00. The van der Waals surface area contributed by atoms with Gasteiger partial charge in [0.15, 0.2) is 0 Å². The Bertz CT molecular complexity index is 1760. The molecule has 0 aliphatic carbocycles. The molecule has 562 valence electrons. The Hall–Kier alpha value is -3.11. The van der Waals surface area contributed by atoms with Crippen molar-refractivity contribution >= 4 is 35.6 Å². The maximum absolute atomic E-state index is 13.0. The van der Waals surface area contributed by atoms with E-state index in [9.17, 15) is 29.4 Å². The first-order valence-corrected chi connectivity index (χ1v) is 42.6. The van der Waals surface area contributed by atoms with Gasteiger partial charge in [0.05, 0.1) is 19.6 Å². The van der Waals surface area contributed by atoms with Crippen molar-refractivity contribution in [2.75, 3.05) is 38.6 Å². The zero-order chi connectivity index (χ0) is 70.4. The summed E-state index contributed by atoms with van der Waals surface area (Å²) in [5.74, 6) is -1.84. The summed E-state index contributed by atoms with van der Waals surface area (Å²) in [5, 5.41) is 19.0. The van der Waals surface area contributed by atoms with Crippen LogP contribution in [0.5, 0.6) is 0 Å². The molecule has 0 spiro atoms. The second-order valence-corrected chi connectivity index (χ2v) is 29.1. The van der Waals surface area contributed by atoms with E-state index in [4.69, 9.17) is 9.47 Å². The van der Waals surface area contributed by atoms with Crippen molar-refractivity contribution in [2.24, 2.45) is 0 Å². The fourth-order valence-electron chi connectivity index (χ4n) is 12.3. The van der Waals surface area contributed by atoms with Crippen LogP contribution in [0.2, 0.25) is 0 Å². The largest absolute Gasteiger partial charge is 0.478 e. The Morgan fingerprint density at radius 3 is 0.823 bits per heavy atom. The average molecular weight is 1370 g/mol. The maximum Gasteiger partial charge on any atom is 0.332 e. The molecule has 0 aromatic carbocycles. The van der Waals surface area contributed by atoms with Crippen LogP contribution in [-0.2, 0) is 28.7 Å². The number of carboxylic acids is 2. The third-order valence-electron chi connectivity index (χ3n) is 18.8. The SMILES string of the molecule is CCCCCCCC/C=C\CCCCCCCC/C(C(=O)O)=C(\CCCCCCCC/C=C\CCCCCCCC)C(=O)O.CCCCCCCC/C=C\CCCCCCCCOC(=O)CC(SCCN(CC)CC)C(=O)OCCCCCCCC/C=C\CCCCCCCC. The number of thioether (sulfide) groups is 1. The fraction of sp³-hybridized carbons (Fsp3) is 0.837. The second kappa shape index (κ2) is 80.9. The third-order valence-corrected chi connectivity index (χ3v) is 20.0. The number of carbonyl (C=O) groups is 4. The van der Waals surface area contributed by atoms with Gasteiger partial charge < -0.3 is 24.6 Å². The quantitative estimate of drug-likeness (QED) is 0.0263. The summed E-state index contributed by atoms with van der Waals surface area (Å²) < 4.78 is 11.2. The van der Waals surface area contributed by atoms with Gasteiger partial charge in [-0.3, -0.25) is 9.59 Å². The van der Waals surface area contributed by atoms with Crippen molar-refractivity contribution in [3.63, 3.8) is 0 Å². The molecule has 2 N–H and O–H groups in total. The van der Waals surface area contributed by atoms with E-state index in [0.717, 1.165) is 102 Å². The van der Waals surface area contributed by atoms with E-state index >= 15 is 0 Å². The van der Waals surface area contributed by atoms with Crippen molar-refractivity contribution in [1.29, 1.82) is 0 Å². The summed E-state index contributed by atoms with van der Waals surface area (Å²) in [6.45, 7) is 17.1. The van der Waals surface area contributed by atoms with Crippen LogP contribution in [-0.4, -0.2) is 82.8 Å². The van der Waals surface area contributed by atoms with Gasteiger partial charge in [0.25, 0.3) is 0 Å². The smallest absolute Gasteiger partial charge is 0.332 e. The number of rotatable bonds is 75. The number of hydrogen-bond acceptors (Lipinski definition) is 8. The molecule has 0 aromatic heterocycles. The third kappa shape index (κ3) is 72.2. The monoisotopic (exact) mass is 1370 g/mol. The molecule has 0 saturated carbocycles. The zero-order valence-corrected chi connectivity index (χ0v) is 65.2. The number of esters is 2. The Morgan fingerprint density at radius 1 is 0.323 bits per heavy atom. The minimum absolute atomic E-state index is 0.0987. The molecule has 0 amide bonds. The molecule has 96 heavy (non-hydrogen) atoms. The van der Waals surface area contributed by atoms with Crippen LogP contribution < -0.4 is 0 Å². The number of ether oxygens (including phenoxy) is 2. The van der Waals surface area contributed by atoms with E-state index in [1.807, 2.05) is 0 Å². The molecule has 0 rings (SSSR count). The Labute approximate surface area is 600 Å². The second-order valence-electron chi connectivity index (χ2n) is 27.8. The molecule has 0 aliphatic heterocycles. The van der Waals surface area contributed by atoms with E-state index in [0.29, 0.717) is 26.1 Å². The molecule has 0 radical (unpaired) electrons. The van der Waals surface area contributed by atoms with Crippen LogP contribution in [0.3, 0.4) is 0 Å². The van der Waals surface area contributed by atoms with Crippen molar-refractivity contribution in [3.05, 3.63) is 59.8 Å². The van der Waals surface area contributed by atoms with Crippen LogP contribution in [0, 0.1) is 0 Å². The first kappa shape index (κ1) is 94.9. The highest BCUT2D eigenvalue weighted by Crippen LogP contribution is 2.23. The van der Waals surface area contributed by atoms with Gasteiger partial charge in [-0.15, -0.1) is 11.8 Å². The average Bonchev–Trinajstić information content (AvgIpc) is 2.48. The number of hydrogen-bond donors (Lipinski definition) is 2. The van der Waals surface area contributed by atoms with Gasteiger partial charge >= 0.3 is 23.9 Å². The molecule has 0 aliphatic rings. The number of allylic oxidation sites excluding steroid dienone is 8. The summed E-state index contributed by atoms with van der Waals surface area (Å²) in [6, 6.07) is 0. The Balaban J connectivity index is 0. The number of nitrogens with zero attached hydrogens (tertiary/aromatic N) is 1. The van der Waals surface area contributed by atoms with Crippen molar-refractivity contribution < 1.29 is 38.9 Å². The fourth-order valence-corrected chi connectivity index (χ4v) is 13.4. The van der Waals surface area contributed by atoms with Gasteiger partial charge in [-0.2, -0.15) is 0 Å². The maximum atomic E-state index is 13.0. The topological polar surface area (TPSA) is 130 Å². The number of carbonyl (C=O) groups excluding carboxylic acids is 2. The lowest BCUT2D eigenvalue weighted by Gasteiger charge is -2.20. The molecule has 9 nitrogen and oxygen atoms in total. The lowest BCUT2D eigenvalue weighted by molar-refractivity contribution is -0.149. The van der Waals surface area contributed by atoms with Gasteiger partial charge in [-0.05, 0) is 154 Å². The summed E-state index contributed by atoms with van der Waals surface area (Å²) in [6.07, 6.45) is 88.6. The van der Waals surface area contributed by atoms with E-state index in [1.165, 1.54) is 283 Å². The number of carboxylic acid groups (broad SMARTS) is 2. The molecule has 1 unspecified atom stereocenters. The predicted molar refractivity (Wildman–Crippen MR) is 420 cm³/mol. The van der Waals surface area contributed by atoms with Gasteiger partial charge in [0.1, 0.15) is 5.25 Å². The van der Waals surface area contributed by atoms with Gasteiger partial charge in [0, 0.05) is 23.4 Å². The standard InChI is InChI=1S/C46H87NO4S.C40H72O4/c1-5-9-11-13-15-17-19-21-23-25-27-29-31-33-35-37-40-50-45(48)43-44(52-42-39-47(7-3)8-4)46(49)51-41-38-36-34-32-30-28-26-24-22-20-18-16-14-12-10-6-2;1-3-5-7-9-11-13-15-17-19-21-23-25-27-29-31-33-35-37(39(41)42)38(40(43)44)36-34-32-30-28-26-24-22-20-18-16-14-12-10-8-6-4-2/h21-24,44H,5-20,25-43H2,1-4H3;17-20H,3-16,21-36H2,1-2H3,(H,41,42)(H,43,44)/b23-21-,24-22-;19-17-,20-18-,38-37-. The lowest BCUT2D eigenvalue weighted by atomic mass is 9.96. The molecule has 1 atom stereocenters. The Morgan fingerprint density at radius 2 is 0.562 bits per heavy atom. The highest BCUT2D eigenvalue weighted by atomic mass is 32.2. The summed E-state index contributed by atoms with van der Waals surface area (Å²) in [7, 11) is 0. The van der Waals surface area contributed by atoms with Crippen LogP contribution in [0.25, 0.3) is 0 Å². The van der Waals surface area contributed by atoms with Gasteiger partial charge in [0.2, 0.25) is 0 Å². The zero-order valence-electron chi connectivity index (χ0n) is 64.4. The molecule has 0 fully saturated rings. The number of unbranched alkanes of at least 4 members (excludes halogenated alkanes) is 48. The molecular formula is C86H159NO8S. The van der Waals surface area contributed by atoms with Crippen LogP contribution >= 0.6 is 11.8 Å². The molecule has 0 saturated heterocycles. The van der Waals surface area contributed by atoms with Crippen molar-refractivity contribution in [3.8, 4) is 0 Å². The summed E-state index contributed by atoms with van der Waals surface area (Å²) in [4.78, 5) is 51.8. The van der Waals surface area contributed by atoms with Crippen molar-refractivity contribution in [1.82, 2.24) is 4.90 Å². The molecule has 10 heteroatoms.